The fourth-order valence-electron chi connectivity index (χ4n) is 3.67. The van der Waals surface area contributed by atoms with E-state index in [0.29, 0.717) is 41.1 Å². The summed E-state index contributed by atoms with van der Waals surface area (Å²) >= 11 is 0. The third-order valence-corrected chi connectivity index (χ3v) is 5.09. The lowest BCUT2D eigenvalue weighted by molar-refractivity contribution is -0.136. The van der Waals surface area contributed by atoms with Crippen molar-refractivity contribution in [3.8, 4) is 22.9 Å². The van der Waals surface area contributed by atoms with Crippen molar-refractivity contribution in [3.05, 3.63) is 65.4 Å². The number of fused-ring (bicyclic) bond motifs is 1. The van der Waals surface area contributed by atoms with Crippen LogP contribution in [0.1, 0.15) is 25.5 Å². The van der Waals surface area contributed by atoms with Crippen LogP contribution in [0.3, 0.4) is 0 Å². The number of hydrogen-bond acceptors (Lipinski definition) is 7. The van der Waals surface area contributed by atoms with Crippen LogP contribution in [0.4, 0.5) is 5.95 Å². The lowest BCUT2D eigenvalue weighted by atomic mass is 9.95. The van der Waals surface area contributed by atoms with Crippen LogP contribution >= 0.6 is 0 Å². The zero-order valence-electron chi connectivity index (χ0n) is 17.9. The van der Waals surface area contributed by atoms with Gasteiger partial charge in [-0.15, -0.1) is 5.10 Å². The number of rotatable bonds is 6. The summed E-state index contributed by atoms with van der Waals surface area (Å²) in [5.74, 6) is 1.87. The fraction of sp³-hybridized carbons (Fsp3) is 0.261. The molecule has 0 saturated heterocycles. The summed E-state index contributed by atoms with van der Waals surface area (Å²) in [4.78, 5) is 17.4. The molecular weight excluding hydrogens is 396 g/mol. The number of nitrogens with one attached hydrogen (secondary N) is 1. The van der Waals surface area contributed by atoms with Gasteiger partial charge in [-0.3, -0.25) is 0 Å². The molecule has 3 aromatic rings. The number of aromatic nitrogens is 3. The van der Waals surface area contributed by atoms with E-state index < -0.39 is 12.0 Å². The molecule has 31 heavy (non-hydrogen) atoms. The summed E-state index contributed by atoms with van der Waals surface area (Å²) in [6.45, 7) is 4.25. The molecule has 0 saturated carbocycles. The first-order valence-electron chi connectivity index (χ1n) is 9.96. The van der Waals surface area contributed by atoms with Crippen LogP contribution in [0, 0.1) is 0 Å². The van der Waals surface area contributed by atoms with Crippen molar-refractivity contribution in [1.29, 1.82) is 0 Å². The summed E-state index contributed by atoms with van der Waals surface area (Å²) in [6.07, 6.45) is 0. The van der Waals surface area contributed by atoms with Gasteiger partial charge in [-0.1, -0.05) is 36.4 Å². The molecule has 2 heterocycles. The molecule has 0 amide bonds. The summed E-state index contributed by atoms with van der Waals surface area (Å²) in [6, 6.07) is 14.7. The number of allylic oxidation sites excluding steroid dienone is 1. The second kappa shape index (κ2) is 8.51. The summed E-state index contributed by atoms with van der Waals surface area (Å²) in [7, 11) is 2.95. The highest BCUT2D eigenvalue weighted by molar-refractivity contribution is 5.92. The lowest BCUT2D eigenvalue weighted by Crippen LogP contribution is -2.29. The molecule has 0 radical (unpaired) electrons. The van der Waals surface area contributed by atoms with Gasteiger partial charge in [-0.2, -0.15) is 4.98 Å². The molecule has 8 nitrogen and oxygen atoms in total. The highest BCUT2D eigenvalue weighted by atomic mass is 16.5. The van der Waals surface area contributed by atoms with E-state index in [1.165, 1.54) is 7.11 Å². The molecule has 1 aliphatic heterocycles. The van der Waals surface area contributed by atoms with E-state index in [9.17, 15) is 4.79 Å². The van der Waals surface area contributed by atoms with Gasteiger partial charge in [0.25, 0.3) is 0 Å². The van der Waals surface area contributed by atoms with Gasteiger partial charge in [-0.05, 0) is 31.5 Å². The number of esters is 1. The maximum atomic E-state index is 12.7. The topological polar surface area (TPSA) is 87.5 Å². The second-order valence-electron chi connectivity index (χ2n) is 6.97. The highest BCUT2D eigenvalue weighted by Gasteiger charge is 2.35. The SMILES string of the molecule is CCOc1ccc(C2C(C(=O)OC)=C(C)Nc3nc(-c4ccccc4)nn32)cc1OC. The maximum Gasteiger partial charge on any atom is 0.338 e. The number of ether oxygens (including phenoxy) is 3. The minimum absolute atomic E-state index is 0.440. The van der Waals surface area contributed by atoms with Crippen LogP contribution in [-0.2, 0) is 9.53 Å². The predicted octanol–water partition coefficient (Wildman–Crippen LogP) is 3.81. The van der Waals surface area contributed by atoms with Crippen molar-refractivity contribution in [3.63, 3.8) is 0 Å². The minimum Gasteiger partial charge on any atom is -0.493 e. The van der Waals surface area contributed by atoms with Crippen molar-refractivity contribution >= 4 is 11.9 Å². The minimum atomic E-state index is -0.543. The van der Waals surface area contributed by atoms with Gasteiger partial charge in [0.1, 0.15) is 6.04 Å². The van der Waals surface area contributed by atoms with Crippen LogP contribution in [0.25, 0.3) is 11.4 Å². The fourth-order valence-corrected chi connectivity index (χ4v) is 3.67. The smallest absolute Gasteiger partial charge is 0.338 e. The van der Waals surface area contributed by atoms with Crippen LogP contribution in [0.15, 0.2) is 59.8 Å². The summed E-state index contributed by atoms with van der Waals surface area (Å²) in [5, 5.41) is 7.91. The zero-order valence-corrected chi connectivity index (χ0v) is 17.9. The van der Waals surface area contributed by atoms with Crippen LogP contribution in [0.2, 0.25) is 0 Å². The number of methoxy groups -OCH3 is 2. The predicted molar refractivity (Wildman–Crippen MR) is 116 cm³/mol. The van der Waals surface area contributed by atoms with Crippen molar-refractivity contribution < 1.29 is 19.0 Å². The van der Waals surface area contributed by atoms with Crippen molar-refractivity contribution in [1.82, 2.24) is 14.8 Å². The van der Waals surface area contributed by atoms with Gasteiger partial charge >= 0.3 is 5.97 Å². The highest BCUT2D eigenvalue weighted by Crippen LogP contribution is 2.39. The van der Waals surface area contributed by atoms with Crippen molar-refractivity contribution in [2.24, 2.45) is 0 Å². The van der Waals surface area contributed by atoms with Crippen LogP contribution in [-0.4, -0.2) is 41.6 Å². The molecule has 0 bridgehead atoms. The van der Waals surface area contributed by atoms with E-state index in [2.05, 4.69) is 10.3 Å². The Morgan fingerprint density at radius 3 is 2.58 bits per heavy atom. The van der Waals surface area contributed by atoms with Crippen molar-refractivity contribution in [2.45, 2.75) is 19.9 Å². The monoisotopic (exact) mass is 420 g/mol. The number of hydrogen-bond donors (Lipinski definition) is 1. The molecule has 1 aromatic heterocycles. The Morgan fingerprint density at radius 2 is 1.90 bits per heavy atom. The number of carbonyl (C=O) groups excluding carboxylic acids is 1. The Bertz CT molecular complexity index is 1140. The molecule has 0 fully saturated rings. The molecule has 1 unspecified atom stereocenters. The Labute approximate surface area is 180 Å². The molecule has 0 spiro atoms. The van der Waals surface area contributed by atoms with E-state index in [4.69, 9.17) is 19.3 Å². The Morgan fingerprint density at radius 1 is 1.13 bits per heavy atom. The molecule has 1 atom stereocenters. The third kappa shape index (κ3) is 3.72. The number of nitrogens with zero attached hydrogens (tertiary/aromatic N) is 3. The number of benzene rings is 2. The number of anilines is 1. The molecule has 160 valence electrons. The molecule has 4 rings (SSSR count). The van der Waals surface area contributed by atoms with E-state index >= 15 is 0 Å². The normalized spacial score (nSPS) is 15.2. The molecule has 2 aromatic carbocycles. The molecule has 8 heteroatoms. The van der Waals surface area contributed by atoms with Crippen LogP contribution in [0.5, 0.6) is 11.5 Å². The quantitative estimate of drug-likeness (QED) is 0.607. The van der Waals surface area contributed by atoms with Gasteiger partial charge in [0, 0.05) is 11.3 Å². The lowest BCUT2D eigenvalue weighted by Gasteiger charge is -2.28. The molecule has 1 aliphatic rings. The molecule has 1 N–H and O–H groups in total. The second-order valence-corrected chi connectivity index (χ2v) is 6.97. The third-order valence-electron chi connectivity index (χ3n) is 5.09. The van der Waals surface area contributed by atoms with Gasteiger partial charge in [0.15, 0.2) is 17.3 Å². The van der Waals surface area contributed by atoms with Crippen LogP contribution < -0.4 is 14.8 Å². The first-order valence-corrected chi connectivity index (χ1v) is 9.96. The number of carbonyl (C=O) groups is 1. The van der Waals surface area contributed by atoms with E-state index in [0.717, 1.165) is 11.1 Å². The Hall–Kier alpha value is -3.81. The van der Waals surface area contributed by atoms with Gasteiger partial charge in [-0.25, -0.2) is 9.48 Å². The summed E-state index contributed by atoms with van der Waals surface area (Å²) < 4.78 is 18.0. The Balaban J connectivity index is 1.87. The Kier molecular flexibility index (Phi) is 5.62. The van der Waals surface area contributed by atoms with Gasteiger partial charge in [0.05, 0.1) is 26.4 Å². The van der Waals surface area contributed by atoms with Crippen molar-refractivity contribution in [2.75, 3.05) is 26.1 Å². The maximum absolute atomic E-state index is 12.7. The van der Waals surface area contributed by atoms with Gasteiger partial charge < -0.3 is 19.5 Å². The largest absolute Gasteiger partial charge is 0.493 e. The molecule has 0 aliphatic carbocycles. The van der Waals surface area contributed by atoms with E-state index in [-0.39, 0.29) is 0 Å². The standard InChI is InChI=1S/C23H24N4O4/c1-5-31-17-12-11-16(13-18(17)29-3)20-19(22(28)30-4)14(2)24-23-25-21(26-27(20)23)15-9-7-6-8-10-15/h6-13,20H,5H2,1-4H3,(H,24,25,26). The van der Waals surface area contributed by atoms with E-state index in [1.54, 1.807) is 11.8 Å². The van der Waals surface area contributed by atoms with Gasteiger partial charge in [0.2, 0.25) is 5.95 Å². The van der Waals surface area contributed by atoms with E-state index in [1.807, 2.05) is 62.4 Å². The summed E-state index contributed by atoms with van der Waals surface area (Å²) in [5.41, 5.74) is 2.79. The molecular formula is C23H24N4O4. The average Bonchev–Trinajstić information content (AvgIpc) is 3.22. The first-order chi connectivity index (χ1) is 15.1. The zero-order chi connectivity index (χ0) is 22.0. The average molecular weight is 420 g/mol. The first kappa shape index (κ1) is 20.5.